The number of carbonyl (C=O) groups is 1. The molecular weight excluding hydrogens is 328 g/mol. The van der Waals surface area contributed by atoms with Crippen LogP contribution in [0.1, 0.15) is 24.3 Å². The van der Waals surface area contributed by atoms with E-state index < -0.39 is 0 Å². The van der Waals surface area contributed by atoms with Gasteiger partial charge in [-0.3, -0.25) is 4.79 Å². The standard InChI is InChI=1S/C21H24N2O3/c1-23(2)9-10-25-16-5-6-17-14(11-16)3-7-19-21(17)18(13-26-19)15-4-8-20(24)22-12-15/h3,5-7,11,13,15H,4,8-10,12H2,1-2H3,(H,22,24)/t15-/m1/s1. The largest absolute Gasteiger partial charge is 0.492 e. The molecule has 5 heteroatoms. The third-order valence-corrected chi connectivity index (χ3v) is 5.07. The fraction of sp³-hybridized carbons (Fsp3) is 0.381. The first-order valence-corrected chi connectivity index (χ1v) is 9.10. The summed E-state index contributed by atoms with van der Waals surface area (Å²) in [5, 5.41) is 6.44. The number of fused-ring (bicyclic) bond motifs is 3. The summed E-state index contributed by atoms with van der Waals surface area (Å²) < 4.78 is 11.7. The van der Waals surface area contributed by atoms with E-state index in [0.717, 1.165) is 35.1 Å². The van der Waals surface area contributed by atoms with Crippen LogP contribution in [0.3, 0.4) is 0 Å². The molecule has 1 aromatic heterocycles. The average Bonchev–Trinajstić information content (AvgIpc) is 3.06. The van der Waals surface area contributed by atoms with Crippen LogP contribution in [0.25, 0.3) is 21.7 Å². The topological polar surface area (TPSA) is 54.7 Å². The number of hydrogen-bond acceptors (Lipinski definition) is 4. The van der Waals surface area contributed by atoms with Gasteiger partial charge in [0.15, 0.2) is 0 Å². The maximum atomic E-state index is 11.5. The van der Waals surface area contributed by atoms with Gasteiger partial charge in [0, 0.05) is 36.4 Å². The fourth-order valence-electron chi connectivity index (χ4n) is 3.60. The third-order valence-electron chi connectivity index (χ3n) is 5.07. The number of piperidine rings is 1. The zero-order chi connectivity index (χ0) is 18.1. The Morgan fingerprint density at radius 1 is 1.27 bits per heavy atom. The predicted octanol–water partition coefficient (Wildman–Crippen LogP) is 3.52. The second-order valence-corrected chi connectivity index (χ2v) is 7.20. The Morgan fingerprint density at radius 3 is 2.92 bits per heavy atom. The minimum absolute atomic E-state index is 0.137. The fourth-order valence-corrected chi connectivity index (χ4v) is 3.60. The van der Waals surface area contributed by atoms with E-state index in [9.17, 15) is 4.79 Å². The number of furan rings is 1. The SMILES string of the molecule is CN(C)CCOc1ccc2c(ccc3occ([C@@H]4CCC(=O)NC4)c32)c1. The molecule has 1 amide bonds. The second-order valence-electron chi connectivity index (χ2n) is 7.20. The van der Waals surface area contributed by atoms with Crippen LogP contribution in [0, 0.1) is 0 Å². The number of carbonyl (C=O) groups excluding carboxylic acids is 1. The Kier molecular flexibility index (Phi) is 4.55. The van der Waals surface area contributed by atoms with E-state index in [0.29, 0.717) is 25.5 Å². The van der Waals surface area contributed by atoms with Gasteiger partial charge in [-0.15, -0.1) is 0 Å². The molecule has 0 bridgehead atoms. The average molecular weight is 352 g/mol. The molecule has 0 aliphatic carbocycles. The summed E-state index contributed by atoms with van der Waals surface area (Å²) in [6, 6.07) is 10.3. The van der Waals surface area contributed by atoms with Gasteiger partial charge in [-0.1, -0.05) is 6.07 Å². The van der Waals surface area contributed by atoms with Crippen LogP contribution >= 0.6 is 0 Å². The molecule has 1 saturated heterocycles. The van der Waals surface area contributed by atoms with E-state index in [4.69, 9.17) is 9.15 Å². The number of rotatable bonds is 5. The molecule has 0 unspecified atom stereocenters. The van der Waals surface area contributed by atoms with E-state index in [1.807, 2.05) is 32.5 Å². The molecule has 0 saturated carbocycles. The van der Waals surface area contributed by atoms with Gasteiger partial charge in [0.1, 0.15) is 17.9 Å². The van der Waals surface area contributed by atoms with Gasteiger partial charge in [0.25, 0.3) is 0 Å². The highest BCUT2D eigenvalue weighted by Crippen LogP contribution is 2.37. The van der Waals surface area contributed by atoms with Gasteiger partial charge in [-0.05, 0) is 55.6 Å². The molecule has 2 aromatic carbocycles. The van der Waals surface area contributed by atoms with Crippen molar-refractivity contribution in [3.63, 3.8) is 0 Å². The molecule has 0 radical (unpaired) electrons. The predicted molar refractivity (Wildman–Crippen MR) is 103 cm³/mol. The molecule has 1 aliphatic rings. The first kappa shape index (κ1) is 16.9. The van der Waals surface area contributed by atoms with Crippen LogP contribution in [0.4, 0.5) is 0 Å². The highest BCUT2D eigenvalue weighted by atomic mass is 16.5. The maximum absolute atomic E-state index is 11.5. The summed E-state index contributed by atoms with van der Waals surface area (Å²) >= 11 is 0. The monoisotopic (exact) mass is 352 g/mol. The minimum Gasteiger partial charge on any atom is -0.492 e. The van der Waals surface area contributed by atoms with Crippen LogP contribution in [0.15, 0.2) is 41.0 Å². The van der Waals surface area contributed by atoms with Crippen molar-refractivity contribution in [3.8, 4) is 5.75 Å². The second kappa shape index (κ2) is 7.00. The van der Waals surface area contributed by atoms with Gasteiger partial charge in [0.05, 0.1) is 6.26 Å². The lowest BCUT2D eigenvalue weighted by atomic mass is 9.89. The lowest BCUT2D eigenvalue weighted by Crippen LogP contribution is -2.33. The van der Waals surface area contributed by atoms with Crippen molar-refractivity contribution in [2.45, 2.75) is 18.8 Å². The maximum Gasteiger partial charge on any atom is 0.220 e. The number of nitrogens with one attached hydrogen (secondary N) is 1. The Balaban J connectivity index is 1.67. The molecule has 4 rings (SSSR count). The van der Waals surface area contributed by atoms with Gasteiger partial charge in [0.2, 0.25) is 5.91 Å². The number of amides is 1. The van der Waals surface area contributed by atoms with Crippen LogP contribution in [0.2, 0.25) is 0 Å². The Labute approximate surface area is 152 Å². The Hall–Kier alpha value is -2.53. The minimum atomic E-state index is 0.137. The van der Waals surface area contributed by atoms with Crippen LogP contribution in [0.5, 0.6) is 5.75 Å². The number of ether oxygens (including phenoxy) is 1. The number of benzene rings is 2. The van der Waals surface area contributed by atoms with Crippen molar-refractivity contribution in [2.24, 2.45) is 0 Å². The van der Waals surface area contributed by atoms with E-state index >= 15 is 0 Å². The van der Waals surface area contributed by atoms with E-state index in [2.05, 4.69) is 28.4 Å². The summed E-state index contributed by atoms with van der Waals surface area (Å²) in [6.07, 6.45) is 3.29. The zero-order valence-corrected chi connectivity index (χ0v) is 15.2. The molecule has 5 nitrogen and oxygen atoms in total. The molecule has 3 aromatic rings. The highest BCUT2D eigenvalue weighted by Gasteiger charge is 2.23. The lowest BCUT2D eigenvalue weighted by Gasteiger charge is -2.21. The van der Waals surface area contributed by atoms with Crippen LogP contribution in [-0.2, 0) is 4.79 Å². The Bertz CT molecular complexity index is 935. The van der Waals surface area contributed by atoms with Crippen LogP contribution < -0.4 is 10.1 Å². The van der Waals surface area contributed by atoms with Crippen molar-refractivity contribution < 1.29 is 13.9 Å². The van der Waals surface area contributed by atoms with Gasteiger partial charge in [-0.2, -0.15) is 0 Å². The summed E-state index contributed by atoms with van der Waals surface area (Å²) in [6.45, 7) is 2.23. The molecule has 1 fully saturated rings. The molecule has 1 aliphatic heterocycles. The van der Waals surface area contributed by atoms with Gasteiger partial charge < -0.3 is 19.4 Å². The first-order chi connectivity index (χ1) is 12.6. The lowest BCUT2D eigenvalue weighted by molar-refractivity contribution is -0.122. The van der Waals surface area contributed by atoms with Crippen molar-refractivity contribution in [3.05, 3.63) is 42.2 Å². The normalized spacial score (nSPS) is 17.8. The number of nitrogens with zero attached hydrogens (tertiary/aromatic N) is 1. The van der Waals surface area contributed by atoms with Crippen molar-refractivity contribution in [1.82, 2.24) is 10.2 Å². The van der Waals surface area contributed by atoms with E-state index in [1.165, 1.54) is 10.9 Å². The molecule has 1 N–H and O–H groups in total. The van der Waals surface area contributed by atoms with Crippen LogP contribution in [-0.4, -0.2) is 44.6 Å². The molecule has 2 heterocycles. The molecular formula is C21H24N2O3. The number of hydrogen-bond donors (Lipinski definition) is 1. The molecule has 26 heavy (non-hydrogen) atoms. The molecule has 1 atom stereocenters. The molecule has 0 spiro atoms. The smallest absolute Gasteiger partial charge is 0.220 e. The quantitative estimate of drug-likeness (QED) is 0.763. The summed E-state index contributed by atoms with van der Waals surface area (Å²) in [7, 11) is 4.07. The summed E-state index contributed by atoms with van der Waals surface area (Å²) in [5.74, 6) is 1.32. The number of likely N-dealkylation sites (N-methyl/N-ethyl adjacent to an activating group) is 1. The van der Waals surface area contributed by atoms with Crippen molar-refractivity contribution in [1.29, 1.82) is 0 Å². The van der Waals surface area contributed by atoms with E-state index in [1.54, 1.807) is 0 Å². The summed E-state index contributed by atoms with van der Waals surface area (Å²) in [5.41, 5.74) is 2.08. The molecule has 136 valence electrons. The first-order valence-electron chi connectivity index (χ1n) is 9.10. The van der Waals surface area contributed by atoms with Gasteiger partial charge in [-0.25, -0.2) is 0 Å². The van der Waals surface area contributed by atoms with Crippen molar-refractivity contribution >= 4 is 27.6 Å². The Morgan fingerprint density at radius 2 is 2.15 bits per heavy atom. The highest BCUT2D eigenvalue weighted by molar-refractivity contribution is 6.08. The van der Waals surface area contributed by atoms with E-state index in [-0.39, 0.29) is 5.91 Å². The summed E-state index contributed by atoms with van der Waals surface area (Å²) in [4.78, 5) is 13.6. The zero-order valence-electron chi connectivity index (χ0n) is 15.2. The van der Waals surface area contributed by atoms with Gasteiger partial charge >= 0.3 is 0 Å². The third kappa shape index (κ3) is 3.27. The van der Waals surface area contributed by atoms with Crippen molar-refractivity contribution in [2.75, 3.05) is 33.8 Å².